The Labute approximate surface area is 227 Å². The molecule has 2 heterocycles. The van der Waals surface area contributed by atoms with E-state index in [0.29, 0.717) is 41.1 Å². The van der Waals surface area contributed by atoms with Gasteiger partial charge in [0.25, 0.3) is 8.32 Å². The molecule has 0 unspecified atom stereocenters. The van der Waals surface area contributed by atoms with Gasteiger partial charge in [0.15, 0.2) is 11.6 Å². The molecule has 5 aromatic rings. The molecule has 0 saturated carbocycles. The SMILES string of the molecule is CC(C)(C)[Si](OCCn1c(-c2cncc(CO)c2)nc2cc(F)c(F)cc21)(c1ccccc1)c1ccccc1. The summed E-state index contributed by atoms with van der Waals surface area (Å²) in [5, 5.41) is 11.7. The van der Waals surface area contributed by atoms with Crippen molar-refractivity contribution >= 4 is 29.7 Å². The van der Waals surface area contributed by atoms with E-state index < -0.39 is 20.0 Å². The number of nitrogens with zero attached hydrogens (tertiary/aromatic N) is 3. The van der Waals surface area contributed by atoms with E-state index in [9.17, 15) is 13.9 Å². The summed E-state index contributed by atoms with van der Waals surface area (Å²) in [6.45, 7) is 7.12. The first kappa shape index (κ1) is 26.9. The minimum Gasteiger partial charge on any atom is -0.406 e. The summed E-state index contributed by atoms with van der Waals surface area (Å²) in [6.07, 6.45) is 3.20. The van der Waals surface area contributed by atoms with Gasteiger partial charge in [-0.25, -0.2) is 13.8 Å². The van der Waals surface area contributed by atoms with Crippen LogP contribution in [0.4, 0.5) is 8.78 Å². The fourth-order valence-corrected chi connectivity index (χ4v) is 9.87. The van der Waals surface area contributed by atoms with Crippen LogP contribution in [-0.4, -0.2) is 34.6 Å². The minimum absolute atomic E-state index is 0.179. The second-order valence-corrected chi connectivity index (χ2v) is 14.9. The van der Waals surface area contributed by atoms with E-state index >= 15 is 0 Å². The van der Waals surface area contributed by atoms with Gasteiger partial charge in [0, 0.05) is 36.6 Å². The number of imidazole rings is 1. The fraction of sp³-hybridized carbons (Fsp3) is 0.226. The maximum atomic E-state index is 14.4. The van der Waals surface area contributed by atoms with Crippen LogP contribution in [0.25, 0.3) is 22.4 Å². The van der Waals surface area contributed by atoms with Gasteiger partial charge in [-0.15, -0.1) is 0 Å². The quantitative estimate of drug-likeness (QED) is 0.265. The highest BCUT2D eigenvalue weighted by molar-refractivity contribution is 6.99. The summed E-state index contributed by atoms with van der Waals surface area (Å²) >= 11 is 0. The van der Waals surface area contributed by atoms with Crippen molar-refractivity contribution in [1.82, 2.24) is 14.5 Å². The van der Waals surface area contributed by atoms with Crippen LogP contribution in [0.3, 0.4) is 0 Å². The predicted molar refractivity (Wildman–Crippen MR) is 152 cm³/mol. The lowest BCUT2D eigenvalue weighted by Crippen LogP contribution is -2.66. The highest BCUT2D eigenvalue weighted by atomic mass is 28.4. The number of hydrogen-bond acceptors (Lipinski definition) is 4. The minimum atomic E-state index is -2.79. The number of aliphatic hydroxyl groups excluding tert-OH is 1. The Kier molecular flexibility index (Phi) is 7.44. The average Bonchev–Trinajstić information content (AvgIpc) is 3.28. The standard InChI is InChI=1S/C31H31F2N3O2Si/c1-31(2,3)39(24-10-6-4-7-11-24,25-12-8-5-9-13-25)38-15-14-36-29-18-27(33)26(32)17-28(29)35-30(36)23-16-22(21-37)19-34-20-23/h4-13,16-20,37H,14-15,21H2,1-3H3. The van der Waals surface area contributed by atoms with E-state index in [1.54, 1.807) is 18.5 Å². The molecule has 0 saturated heterocycles. The molecule has 0 aliphatic carbocycles. The molecular formula is C31H31F2N3O2Si. The summed E-state index contributed by atoms with van der Waals surface area (Å²) in [7, 11) is -2.79. The number of aromatic nitrogens is 3. The number of halogens is 2. The molecule has 0 amide bonds. The smallest absolute Gasteiger partial charge is 0.261 e. The lowest BCUT2D eigenvalue weighted by atomic mass is 10.2. The molecule has 0 spiro atoms. The van der Waals surface area contributed by atoms with Gasteiger partial charge in [-0.1, -0.05) is 81.4 Å². The molecule has 0 bridgehead atoms. The van der Waals surface area contributed by atoms with Crippen LogP contribution in [0.15, 0.2) is 91.3 Å². The highest BCUT2D eigenvalue weighted by Crippen LogP contribution is 2.37. The van der Waals surface area contributed by atoms with Crippen LogP contribution >= 0.6 is 0 Å². The van der Waals surface area contributed by atoms with Gasteiger partial charge in [-0.05, 0) is 27.0 Å². The normalized spacial score (nSPS) is 12.3. The van der Waals surface area contributed by atoms with Crippen LogP contribution in [0.5, 0.6) is 0 Å². The molecule has 39 heavy (non-hydrogen) atoms. The molecule has 8 heteroatoms. The largest absolute Gasteiger partial charge is 0.406 e. The second-order valence-electron chi connectivity index (χ2n) is 10.6. The zero-order valence-corrected chi connectivity index (χ0v) is 23.2. The maximum absolute atomic E-state index is 14.4. The molecule has 0 aliphatic heterocycles. The molecule has 2 aromatic heterocycles. The van der Waals surface area contributed by atoms with Crippen molar-refractivity contribution in [2.45, 2.75) is 39.0 Å². The van der Waals surface area contributed by atoms with E-state index in [4.69, 9.17) is 4.43 Å². The number of aliphatic hydroxyl groups is 1. The molecule has 0 radical (unpaired) electrons. The Hall–Kier alpha value is -3.72. The van der Waals surface area contributed by atoms with Gasteiger partial charge in [0.2, 0.25) is 0 Å². The number of benzene rings is 3. The van der Waals surface area contributed by atoms with Gasteiger partial charge in [-0.2, -0.15) is 0 Å². The molecule has 5 nitrogen and oxygen atoms in total. The molecule has 0 atom stereocenters. The molecule has 200 valence electrons. The van der Waals surface area contributed by atoms with E-state index in [0.717, 1.165) is 16.4 Å². The summed E-state index contributed by atoms with van der Waals surface area (Å²) in [5.74, 6) is -1.39. The topological polar surface area (TPSA) is 60.2 Å². The number of rotatable bonds is 8. The Balaban J connectivity index is 1.59. The van der Waals surface area contributed by atoms with Gasteiger partial charge in [0.05, 0.1) is 24.2 Å². The third-order valence-electron chi connectivity index (χ3n) is 7.08. The van der Waals surface area contributed by atoms with E-state index in [2.05, 4.69) is 55.0 Å². The van der Waals surface area contributed by atoms with Crippen molar-refractivity contribution in [1.29, 1.82) is 0 Å². The third kappa shape index (κ3) is 5.03. The van der Waals surface area contributed by atoms with E-state index in [1.807, 2.05) is 41.0 Å². The van der Waals surface area contributed by atoms with Gasteiger partial charge >= 0.3 is 0 Å². The van der Waals surface area contributed by atoms with E-state index in [1.165, 1.54) is 6.07 Å². The van der Waals surface area contributed by atoms with Crippen molar-refractivity contribution in [2.75, 3.05) is 6.61 Å². The van der Waals surface area contributed by atoms with Crippen molar-refractivity contribution in [2.24, 2.45) is 0 Å². The molecule has 0 fully saturated rings. The Bertz CT molecular complexity index is 1550. The number of hydrogen-bond donors (Lipinski definition) is 1. The van der Waals surface area contributed by atoms with Crippen LogP contribution in [0, 0.1) is 11.6 Å². The Morgan fingerprint density at radius 2 is 1.49 bits per heavy atom. The molecule has 1 N–H and O–H groups in total. The van der Waals surface area contributed by atoms with Crippen molar-refractivity contribution < 1.29 is 18.3 Å². The molecule has 0 aliphatic rings. The lowest BCUT2D eigenvalue weighted by molar-refractivity contribution is 0.281. The van der Waals surface area contributed by atoms with Crippen LogP contribution in [-0.2, 0) is 17.6 Å². The first-order valence-corrected chi connectivity index (χ1v) is 14.8. The third-order valence-corrected chi connectivity index (χ3v) is 12.1. The summed E-state index contributed by atoms with van der Waals surface area (Å²) < 4.78 is 37.4. The zero-order chi connectivity index (χ0) is 27.6. The zero-order valence-electron chi connectivity index (χ0n) is 22.2. The first-order valence-electron chi connectivity index (χ1n) is 12.9. The van der Waals surface area contributed by atoms with Crippen LogP contribution in [0.2, 0.25) is 5.04 Å². The van der Waals surface area contributed by atoms with Crippen molar-refractivity contribution in [3.05, 3.63) is 108 Å². The lowest BCUT2D eigenvalue weighted by Gasteiger charge is -2.43. The van der Waals surface area contributed by atoms with Crippen molar-refractivity contribution in [3.8, 4) is 11.4 Å². The summed E-state index contributed by atoms with van der Waals surface area (Å²) in [5.41, 5.74) is 2.06. The molecule has 5 rings (SSSR count). The van der Waals surface area contributed by atoms with Gasteiger partial charge in [0.1, 0.15) is 5.82 Å². The number of fused-ring (bicyclic) bond motifs is 1. The second kappa shape index (κ2) is 10.8. The summed E-state index contributed by atoms with van der Waals surface area (Å²) in [4.78, 5) is 8.85. The molecular weight excluding hydrogens is 512 g/mol. The van der Waals surface area contributed by atoms with Gasteiger partial charge < -0.3 is 14.1 Å². The van der Waals surface area contributed by atoms with Crippen LogP contribution in [0.1, 0.15) is 26.3 Å². The van der Waals surface area contributed by atoms with Crippen LogP contribution < -0.4 is 10.4 Å². The van der Waals surface area contributed by atoms with Crippen molar-refractivity contribution in [3.63, 3.8) is 0 Å². The fourth-order valence-electron chi connectivity index (χ4n) is 5.31. The molecule has 3 aromatic carbocycles. The maximum Gasteiger partial charge on any atom is 0.261 e. The average molecular weight is 544 g/mol. The highest BCUT2D eigenvalue weighted by Gasteiger charge is 2.50. The Morgan fingerprint density at radius 3 is 2.08 bits per heavy atom. The summed E-state index contributed by atoms with van der Waals surface area (Å²) in [6, 6.07) is 24.7. The predicted octanol–water partition coefficient (Wildman–Crippen LogP) is 5.45. The van der Waals surface area contributed by atoms with E-state index in [-0.39, 0.29) is 11.6 Å². The monoisotopic (exact) mass is 543 g/mol. The Morgan fingerprint density at radius 1 is 0.872 bits per heavy atom. The number of pyridine rings is 1. The van der Waals surface area contributed by atoms with Gasteiger partial charge in [-0.3, -0.25) is 4.98 Å². The first-order chi connectivity index (χ1) is 18.7.